The summed E-state index contributed by atoms with van der Waals surface area (Å²) in [6, 6.07) is 7.54. The van der Waals surface area contributed by atoms with Crippen LogP contribution < -0.4 is 0 Å². The molecule has 1 aliphatic heterocycles. The minimum Gasteiger partial charge on any atom is -0.336 e. The molecule has 0 radical (unpaired) electrons. The number of carbonyl (C=O) groups excluding carboxylic acids is 1. The first-order valence-corrected chi connectivity index (χ1v) is 7.62. The third kappa shape index (κ3) is 2.68. The molecule has 3 rings (SSSR count). The van der Waals surface area contributed by atoms with Gasteiger partial charge in [-0.1, -0.05) is 30.7 Å². The van der Waals surface area contributed by atoms with Crippen LogP contribution in [0.15, 0.2) is 36.7 Å². The van der Waals surface area contributed by atoms with E-state index in [9.17, 15) is 4.79 Å². The van der Waals surface area contributed by atoms with Crippen molar-refractivity contribution in [1.29, 1.82) is 0 Å². The highest BCUT2D eigenvalue weighted by Crippen LogP contribution is 2.27. The van der Waals surface area contributed by atoms with Crippen LogP contribution in [0.2, 0.25) is 5.02 Å². The summed E-state index contributed by atoms with van der Waals surface area (Å²) in [4.78, 5) is 14.7. The maximum absolute atomic E-state index is 12.8. The van der Waals surface area contributed by atoms with Gasteiger partial charge in [-0.3, -0.25) is 9.48 Å². The molecular weight excluding hydrogens is 286 g/mol. The highest BCUT2D eigenvalue weighted by Gasteiger charge is 2.28. The van der Waals surface area contributed by atoms with E-state index in [4.69, 9.17) is 11.6 Å². The lowest BCUT2D eigenvalue weighted by Gasteiger charge is -2.32. The average molecular weight is 304 g/mol. The van der Waals surface area contributed by atoms with Crippen molar-refractivity contribution in [1.82, 2.24) is 14.7 Å². The molecule has 0 N–H and O–H groups in total. The fourth-order valence-corrected chi connectivity index (χ4v) is 3.19. The van der Waals surface area contributed by atoms with Gasteiger partial charge in [-0.05, 0) is 36.1 Å². The highest BCUT2D eigenvalue weighted by molar-refractivity contribution is 6.31. The van der Waals surface area contributed by atoms with Crippen molar-refractivity contribution in [3.05, 3.63) is 52.8 Å². The largest absolute Gasteiger partial charge is 0.336 e. The maximum atomic E-state index is 12.8. The fraction of sp³-hybridized carbons (Fsp3) is 0.375. The van der Waals surface area contributed by atoms with Gasteiger partial charge >= 0.3 is 0 Å². The van der Waals surface area contributed by atoms with Crippen LogP contribution in [-0.2, 0) is 17.8 Å². The molecule has 0 saturated heterocycles. The van der Waals surface area contributed by atoms with E-state index in [-0.39, 0.29) is 11.9 Å². The Morgan fingerprint density at radius 1 is 1.43 bits per heavy atom. The van der Waals surface area contributed by atoms with Crippen molar-refractivity contribution in [2.45, 2.75) is 32.4 Å². The fourth-order valence-electron chi connectivity index (χ4n) is 2.90. The van der Waals surface area contributed by atoms with Gasteiger partial charge in [0.05, 0.1) is 0 Å². The number of fused-ring (bicyclic) bond motifs is 1. The Balaban J connectivity index is 1.81. The van der Waals surface area contributed by atoms with Crippen LogP contribution in [0.5, 0.6) is 0 Å². The summed E-state index contributed by atoms with van der Waals surface area (Å²) in [7, 11) is 0. The number of amides is 1. The zero-order valence-electron chi connectivity index (χ0n) is 12.0. The molecule has 5 heteroatoms. The molecular formula is C16H18ClN3O. The van der Waals surface area contributed by atoms with E-state index in [2.05, 4.69) is 11.2 Å². The second-order valence-corrected chi connectivity index (χ2v) is 5.70. The van der Waals surface area contributed by atoms with Crippen molar-refractivity contribution in [3.8, 4) is 0 Å². The van der Waals surface area contributed by atoms with Crippen molar-refractivity contribution in [2.24, 2.45) is 0 Å². The number of halogens is 1. The monoisotopic (exact) mass is 303 g/mol. The van der Waals surface area contributed by atoms with Gasteiger partial charge in [0.15, 0.2) is 0 Å². The van der Waals surface area contributed by atoms with Crippen LogP contribution in [0.1, 0.15) is 30.5 Å². The minimum absolute atomic E-state index is 0.131. The second kappa shape index (κ2) is 5.90. The third-order valence-electron chi connectivity index (χ3n) is 4.04. The summed E-state index contributed by atoms with van der Waals surface area (Å²) < 4.78 is 1.75. The van der Waals surface area contributed by atoms with Crippen LogP contribution in [0, 0.1) is 0 Å². The van der Waals surface area contributed by atoms with E-state index < -0.39 is 0 Å². The summed E-state index contributed by atoms with van der Waals surface area (Å²) in [5.74, 6) is 0.131. The second-order valence-electron chi connectivity index (χ2n) is 5.30. The van der Waals surface area contributed by atoms with Gasteiger partial charge in [-0.15, -0.1) is 0 Å². The zero-order chi connectivity index (χ0) is 14.8. The van der Waals surface area contributed by atoms with Crippen molar-refractivity contribution < 1.29 is 4.79 Å². The zero-order valence-corrected chi connectivity index (χ0v) is 12.8. The van der Waals surface area contributed by atoms with Gasteiger partial charge < -0.3 is 4.90 Å². The van der Waals surface area contributed by atoms with E-state index in [0.29, 0.717) is 13.1 Å². The molecule has 0 unspecified atom stereocenters. The quantitative estimate of drug-likeness (QED) is 0.874. The van der Waals surface area contributed by atoms with E-state index in [1.165, 1.54) is 5.56 Å². The maximum Gasteiger partial charge on any atom is 0.247 e. The van der Waals surface area contributed by atoms with Crippen LogP contribution in [-0.4, -0.2) is 27.1 Å². The van der Waals surface area contributed by atoms with Crippen molar-refractivity contribution >= 4 is 17.5 Å². The number of rotatable bonds is 3. The molecule has 0 bridgehead atoms. The number of carbonyl (C=O) groups is 1. The lowest BCUT2D eigenvalue weighted by Crippen LogP contribution is -2.40. The molecule has 1 aliphatic rings. The molecule has 0 saturated carbocycles. The summed E-state index contributed by atoms with van der Waals surface area (Å²) in [5, 5.41) is 5.01. The first kappa shape index (κ1) is 14.1. The van der Waals surface area contributed by atoms with E-state index in [0.717, 1.165) is 23.4 Å². The smallest absolute Gasteiger partial charge is 0.247 e. The normalized spacial score (nSPS) is 15.6. The molecule has 21 heavy (non-hydrogen) atoms. The predicted octanol–water partition coefficient (Wildman–Crippen LogP) is 3.07. The Hall–Kier alpha value is -1.81. The Labute approximate surface area is 129 Å². The first-order valence-electron chi connectivity index (χ1n) is 7.25. The first-order chi connectivity index (χ1) is 10.2. The van der Waals surface area contributed by atoms with E-state index >= 15 is 0 Å². The van der Waals surface area contributed by atoms with Crippen molar-refractivity contribution in [2.75, 3.05) is 6.54 Å². The Kier molecular flexibility index (Phi) is 3.97. The standard InChI is InChI=1S/C16H18ClN3O/c1-2-15(20-9-4-8-18-20)16(21)19-10-7-13-12(11-19)5-3-6-14(13)17/h3-6,8-9,15H,2,7,10-11H2,1H3/t15-/m1/s1. The molecule has 1 aromatic heterocycles. The molecule has 2 heterocycles. The number of hydrogen-bond acceptors (Lipinski definition) is 2. The summed E-state index contributed by atoms with van der Waals surface area (Å²) in [6.45, 7) is 3.36. The summed E-state index contributed by atoms with van der Waals surface area (Å²) in [5.41, 5.74) is 2.33. The van der Waals surface area contributed by atoms with Gasteiger partial charge in [-0.25, -0.2) is 0 Å². The minimum atomic E-state index is -0.222. The van der Waals surface area contributed by atoms with Gasteiger partial charge in [0.2, 0.25) is 5.91 Å². The van der Waals surface area contributed by atoms with Gasteiger partial charge in [0.25, 0.3) is 0 Å². The average Bonchev–Trinajstić information content (AvgIpc) is 3.02. The molecule has 2 aromatic rings. The Bertz CT molecular complexity index is 639. The SMILES string of the molecule is CC[C@H](C(=O)N1CCc2c(Cl)cccc2C1)n1cccn1. The third-order valence-corrected chi connectivity index (χ3v) is 4.39. The van der Waals surface area contributed by atoms with Crippen LogP contribution in [0.4, 0.5) is 0 Å². The molecule has 0 aliphatic carbocycles. The molecule has 110 valence electrons. The molecule has 1 atom stereocenters. The molecule has 1 aromatic carbocycles. The summed E-state index contributed by atoms with van der Waals surface area (Å²) >= 11 is 6.22. The van der Waals surface area contributed by atoms with Gasteiger partial charge in [0, 0.05) is 30.5 Å². The van der Waals surface area contributed by atoms with Gasteiger partial charge in [0.1, 0.15) is 6.04 Å². The lowest BCUT2D eigenvalue weighted by molar-refractivity contribution is -0.136. The number of nitrogens with zero attached hydrogens (tertiary/aromatic N) is 3. The molecule has 0 spiro atoms. The van der Waals surface area contributed by atoms with Crippen LogP contribution in [0.25, 0.3) is 0 Å². The van der Waals surface area contributed by atoms with E-state index in [1.54, 1.807) is 10.9 Å². The predicted molar refractivity (Wildman–Crippen MR) is 82.1 cm³/mol. The Morgan fingerprint density at radius 3 is 3.00 bits per heavy atom. The highest BCUT2D eigenvalue weighted by atomic mass is 35.5. The summed E-state index contributed by atoms with van der Waals surface area (Å²) in [6.07, 6.45) is 5.11. The van der Waals surface area contributed by atoms with Gasteiger partial charge in [-0.2, -0.15) is 5.10 Å². The van der Waals surface area contributed by atoms with Crippen molar-refractivity contribution in [3.63, 3.8) is 0 Å². The van der Waals surface area contributed by atoms with Crippen LogP contribution in [0.3, 0.4) is 0 Å². The number of benzene rings is 1. The van der Waals surface area contributed by atoms with E-state index in [1.807, 2.05) is 36.2 Å². The molecule has 0 fully saturated rings. The lowest BCUT2D eigenvalue weighted by atomic mass is 9.99. The number of hydrogen-bond donors (Lipinski definition) is 0. The topological polar surface area (TPSA) is 38.1 Å². The number of aromatic nitrogens is 2. The molecule has 4 nitrogen and oxygen atoms in total. The Morgan fingerprint density at radius 2 is 2.29 bits per heavy atom. The molecule has 1 amide bonds. The van der Waals surface area contributed by atoms with Crippen LogP contribution >= 0.6 is 11.6 Å².